The minimum absolute atomic E-state index is 0.258. The molecular formula is C15H14FNO2S. The van der Waals surface area contributed by atoms with Gasteiger partial charge >= 0.3 is 5.97 Å². The number of hydrogen-bond donors (Lipinski definition) is 2. The van der Waals surface area contributed by atoms with Gasteiger partial charge in [-0.05, 0) is 37.6 Å². The second kappa shape index (κ2) is 5.54. The van der Waals surface area contributed by atoms with Gasteiger partial charge in [-0.25, -0.2) is 9.18 Å². The first-order valence-electron chi connectivity index (χ1n) is 5.96. The molecule has 0 aromatic heterocycles. The summed E-state index contributed by atoms with van der Waals surface area (Å²) in [5, 5.41) is 8.84. The summed E-state index contributed by atoms with van der Waals surface area (Å²) in [4.78, 5) is 12.3. The Labute approximate surface area is 120 Å². The molecule has 0 spiro atoms. The Morgan fingerprint density at radius 3 is 2.50 bits per heavy atom. The van der Waals surface area contributed by atoms with Crippen molar-refractivity contribution in [1.29, 1.82) is 0 Å². The van der Waals surface area contributed by atoms with Crippen molar-refractivity contribution in [3.8, 4) is 0 Å². The van der Waals surface area contributed by atoms with Crippen LogP contribution < -0.4 is 5.73 Å². The summed E-state index contributed by atoms with van der Waals surface area (Å²) < 4.78 is 13.7. The Morgan fingerprint density at radius 1 is 1.20 bits per heavy atom. The monoisotopic (exact) mass is 291 g/mol. The van der Waals surface area contributed by atoms with Crippen LogP contribution in [-0.4, -0.2) is 11.1 Å². The molecule has 2 aromatic carbocycles. The molecule has 0 aliphatic carbocycles. The average molecular weight is 291 g/mol. The van der Waals surface area contributed by atoms with E-state index >= 15 is 0 Å². The maximum atomic E-state index is 13.7. The summed E-state index contributed by atoms with van der Waals surface area (Å²) in [6.45, 7) is 3.96. The lowest BCUT2D eigenvalue weighted by Crippen LogP contribution is -2.03. The van der Waals surface area contributed by atoms with Crippen LogP contribution in [-0.2, 0) is 0 Å². The molecule has 20 heavy (non-hydrogen) atoms. The van der Waals surface area contributed by atoms with E-state index in [1.165, 1.54) is 17.8 Å². The lowest BCUT2D eigenvalue weighted by atomic mass is 10.2. The van der Waals surface area contributed by atoms with Gasteiger partial charge in [0.1, 0.15) is 5.82 Å². The van der Waals surface area contributed by atoms with E-state index in [2.05, 4.69) is 0 Å². The van der Waals surface area contributed by atoms with Crippen LogP contribution in [0.3, 0.4) is 0 Å². The molecule has 5 heteroatoms. The third-order valence-electron chi connectivity index (χ3n) is 2.88. The van der Waals surface area contributed by atoms with Crippen molar-refractivity contribution in [2.24, 2.45) is 0 Å². The van der Waals surface area contributed by atoms with Crippen molar-refractivity contribution < 1.29 is 14.3 Å². The molecular weight excluding hydrogens is 277 g/mol. The van der Waals surface area contributed by atoms with E-state index in [0.717, 1.165) is 22.1 Å². The number of carbonyl (C=O) groups is 1. The standard InChI is InChI=1S/C15H14FNO2S/c1-8-3-4-13(9(2)5-8)20-14-7-11(16)10(15(18)19)6-12(14)17/h3-7H,17H2,1-2H3,(H,18,19). The zero-order chi connectivity index (χ0) is 14.9. The number of hydrogen-bond acceptors (Lipinski definition) is 3. The predicted molar refractivity (Wildman–Crippen MR) is 77.8 cm³/mol. The van der Waals surface area contributed by atoms with Crippen LogP contribution in [0.4, 0.5) is 10.1 Å². The molecule has 0 bridgehead atoms. The first-order valence-corrected chi connectivity index (χ1v) is 6.77. The van der Waals surface area contributed by atoms with Crippen molar-refractivity contribution >= 4 is 23.4 Å². The lowest BCUT2D eigenvalue weighted by Gasteiger charge is -2.10. The fraction of sp³-hybridized carbons (Fsp3) is 0.133. The minimum atomic E-state index is -1.32. The predicted octanol–water partition coefficient (Wildman–Crippen LogP) is 3.87. The molecule has 0 unspecified atom stereocenters. The number of rotatable bonds is 3. The van der Waals surface area contributed by atoms with Crippen LogP contribution in [0, 0.1) is 19.7 Å². The van der Waals surface area contributed by atoms with E-state index in [0.29, 0.717) is 4.90 Å². The van der Waals surface area contributed by atoms with Gasteiger partial charge in [-0.15, -0.1) is 0 Å². The number of carboxylic acid groups (broad SMARTS) is 1. The Bertz CT molecular complexity index is 686. The first kappa shape index (κ1) is 14.4. The van der Waals surface area contributed by atoms with E-state index in [9.17, 15) is 9.18 Å². The highest BCUT2D eigenvalue weighted by Gasteiger charge is 2.14. The molecule has 0 saturated heterocycles. The fourth-order valence-corrected chi connectivity index (χ4v) is 2.79. The number of nitrogen functional groups attached to an aromatic ring is 1. The average Bonchev–Trinajstić information content (AvgIpc) is 2.36. The van der Waals surface area contributed by atoms with Gasteiger partial charge in [0.05, 0.1) is 5.56 Å². The van der Waals surface area contributed by atoms with Crippen molar-refractivity contribution in [3.63, 3.8) is 0 Å². The number of aromatic carboxylic acids is 1. The van der Waals surface area contributed by atoms with Crippen LogP contribution in [0.25, 0.3) is 0 Å². The highest BCUT2D eigenvalue weighted by atomic mass is 32.2. The van der Waals surface area contributed by atoms with Gasteiger partial charge in [0, 0.05) is 15.5 Å². The third kappa shape index (κ3) is 2.93. The molecule has 3 nitrogen and oxygen atoms in total. The quantitative estimate of drug-likeness (QED) is 0.842. The van der Waals surface area contributed by atoms with Crippen LogP contribution >= 0.6 is 11.8 Å². The molecule has 0 saturated carbocycles. The maximum Gasteiger partial charge on any atom is 0.338 e. The molecule has 3 N–H and O–H groups in total. The van der Waals surface area contributed by atoms with Gasteiger partial charge in [-0.3, -0.25) is 0 Å². The second-order valence-electron chi connectivity index (χ2n) is 4.55. The van der Waals surface area contributed by atoms with Gasteiger partial charge in [-0.1, -0.05) is 29.5 Å². The molecule has 0 fully saturated rings. The van der Waals surface area contributed by atoms with Crippen molar-refractivity contribution in [1.82, 2.24) is 0 Å². The summed E-state index contributed by atoms with van der Waals surface area (Å²) in [7, 11) is 0. The van der Waals surface area contributed by atoms with Gasteiger partial charge < -0.3 is 10.8 Å². The molecule has 0 atom stereocenters. The third-order valence-corrected chi connectivity index (χ3v) is 4.13. The number of anilines is 1. The summed E-state index contributed by atoms with van der Waals surface area (Å²) in [6, 6.07) is 8.26. The molecule has 2 aromatic rings. The van der Waals surface area contributed by atoms with E-state index in [1.807, 2.05) is 32.0 Å². The second-order valence-corrected chi connectivity index (χ2v) is 5.63. The van der Waals surface area contributed by atoms with Crippen LogP contribution in [0.2, 0.25) is 0 Å². The zero-order valence-electron chi connectivity index (χ0n) is 11.1. The van der Waals surface area contributed by atoms with Gasteiger partial charge in [0.25, 0.3) is 0 Å². The summed E-state index contributed by atoms with van der Waals surface area (Å²) in [6.07, 6.45) is 0. The summed E-state index contributed by atoms with van der Waals surface area (Å²) >= 11 is 1.33. The Kier molecular flexibility index (Phi) is 3.99. The number of halogens is 1. The van der Waals surface area contributed by atoms with Crippen LogP contribution in [0.5, 0.6) is 0 Å². The van der Waals surface area contributed by atoms with Crippen LogP contribution in [0.1, 0.15) is 21.5 Å². The number of nitrogens with two attached hydrogens (primary N) is 1. The van der Waals surface area contributed by atoms with Crippen molar-refractivity contribution in [2.75, 3.05) is 5.73 Å². The largest absolute Gasteiger partial charge is 0.478 e. The SMILES string of the molecule is Cc1ccc(Sc2cc(F)c(C(=O)O)cc2N)c(C)c1. The maximum absolute atomic E-state index is 13.7. The highest BCUT2D eigenvalue weighted by molar-refractivity contribution is 7.99. The molecule has 0 amide bonds. The highest BCUT2D eigenvalue weighted by Crippen LogP contribution is 2.35. The van der Waals surface area contributed by atoms with E-state index in [-0.39, 0.29) is 5.69 Å². The minimum Gasteiger partial charge on any atom is -0.478 e. The topological polar surface area (TPSA) is 63.3 Å². The normalized spacial score (nSPS) is 10.6. The molecule has 0 heterocycles. The van der Waals surface area contributed by atoms with Crippen molar-refractivity contribution in [2.45, 2.75) is 23.6 Å². The first-order chi connectivity index (χ1) is 9.38. The summed E-state index contributed by atoms with van der Waals surface area (Å²) in [5.41, 5.74) is 7.87. The van der Waals surface area contributed by atoms with Gasteiger partial charge in [0.15, 0.2) is 0 Å². The molecule has 0 radical (unpaired) electrons. The number of benzene rings is 2. The Balaban J connectivity index is 2.39. The Hall–Kier alpha value is -2.01. The van der Waals surface area contributed by atoms with E-state index in [4.69, 9.17) is 10.8 Å². The lowest BCUT2D eigenvalue weighted by molar-refractivity contribution is 0.0692. The molecule has 0 aliphatic heterocycles. The van der Waals surface area contributed by atoms with Gasteiger partial charge in [-0.2, -0.15) is 0 Å². The van der Waals surface area contributed by atoms with E-state index < -0.39 is 17.3 Å². The number of aryl methyl sites for hydroxylation is 2. The van der Waals surface area contributed by atoms with Crippen molar-refractivity contribution in [3.05, 3.63) is 52.8 Å². The van der Waals surface area contributed by atoms with Crippen LogP contribution in [0.15, 0.2) is 40.1 Å². The molecule has 104 valence electrons. The Morgan fingerprint density at radius 2 is 1.90 bits per heavy atom. The van der Waals surface area contributed by atoms with E-state index in [1.54, 1.807) is 0 Å². The fourth-order valence-electron chi connectivity index (χ4n) is 1.86. The summed E-state index contributed by atoms with van der Waals surface area (Å²) in [5.74, 6) is -2.10. The van der Waals surface area contributed by atoms with Gasteiger partial charge in [0.2, 0.25) is 0 Å². The molecule has 0 aliphatic rings. The smallest absolute Gasteiger partial charge is 0.338 e. The zero-order valence-corrected chi connectivity index (χ0v) is 11.9. The molecule has 2 rings (SSSR count). The number of carboxylic acids is 1.